The zero-order valence-corrected chi connectivity index (χ0v) is 9.94. The van der Waals surface area contributed by atoms with E-state index < -0.39 is 0 Å². The Labute approximate surface area is 96.7 Å². The van der Waals surface area contributed by atoms with E-state index in [1.807, 2.05) is 6.92 Å². The van der Waals surface area contributed by atoms with E-state index in [2.05, 4.69) is 6.92 Å². The third-order valence-corrected chi connectivity index (χ3v) is 2.43. The Kier molecular flexibility index (Phi) is 5.12. The summed E-state index contributed by atoms with van der Waals surface area (Å²) in [6.45, 7) is 3.93. The quantitative estimate of drug-likeness (QED) is 0.780. The highest BCUT2D eigenvalue weighted by Gasteiger charge is 2.08. The summed E-state index contributed by atoms with van der Waals surface area (Å²) < 4.78 is 5.59. The van der Waals surface area contributed by atoms with Gasteiger partial charge in [-0.2, -0.15) is 0 Å². The second-order valence-electron chi connectivity index (χ2n) is 4.01. The second-order valence-corrected chi connectivity index (χ2v) is 4.01. The maximum absolute atomic E-state index is 9.42. The van der Waals surface area contributed by atoms with Crippen LogP contribution in [0, 0.1) is 0 Å². The largest absolute Gasteiger partial charge is 0.508 e. The van der Waals surface area contributed by atoms with Gasteiger partial charge in [0.15, 0.2) is 0 Å². The van der Waals surface area contributed by atoms with Gasteiger partial charge in [-0.25, -0.2) is 0 Å². The van der Waals surface area contributed by atoms with Crippen LogP contribution in [0.1, 0.15) is 32.3 Å². The molecule has 3 heteroatoms. The molecule has 2 N–H and O–H groups in total. The molecule has 1 aromatic carbocycles. The number of unbranched alkanes of at least 4 members (excludes halogenated alkanes) is 1. The Morgan fingerprint density at radius 1 is 1.38 bits per heavy atom. The van der Waals surface area contributed by atoms with Crippen LogP contribution in [-0.2, 0) is 6.42 Å². The molecule has 0 amide bonds. The molecule has 90 valence electrons. The fourth-order valence-corrected chi connectivity index (χ4v) is 1.50. The molecular formula is C13H20O3. The molecule has 0 aliphatic rings. The van der Waals surface area contributed by atoms with Crippen molar-refractivity contribution in [1.29, 1.82) is 0 Å². The van der Waals surface area contributed by atoms with Gasteiger partial charge in [0.05, 0.1) is 6.61 Å². The summed E-state index contributed by atoms with van der Waals surface area (Å²) in [6, 6.07) is 5.09. The van der Waals surface area contributed by atoms with Crippen LogP contribution in [0.25, 0.3) is 0 Å². The highest BCUT2D eigenvalue weighted by molar-refractivity contribution is 5.39. The molecule has 0 aliphatic carbocycles. The molecule has 0 bridgehead atoms. The van der Waals surface area contributed by atoms with E-state index in [0.717, 1.165) is 30.6 Å². The third-order valence-electron chi connectivity index (χ3n) is 2.43. The highest BCUT2D eigenvalue weighted by atomic mass is 16.5. The standard InChI is InChI=1S/C13H20O3/c1-3-4-5-11-8-12(15)6-7-13(11)16-10(2)9-14/h6-8,10,14-15H,3-5,9H2,1-2H3. The van der Waals surface area contributed by atoms with Gasteiger partial charge in [0.2, 0.25) is 0 Å². The van der Waals surface area contributed by atoms with E-state index in [9.17, 15) is 5.11 Å². The van der Waals surface area contributed by atoms with Gasteiger partial charge in [0.25, 0.3) is 0 Å². The van der Waals surface area contributed by atoms with Crippen LogP contribution in [0.15, 0.2) is 18.2 Å². The first kappa shape index (κ1) is 12.8. The van der Waals surface area contributed by atoms with Crippen molar-refractivity contribution in [2.24, 2.45) is 0 Å². The lowest BCUT2D eigenvalue weighted by Gasteiger charge is -2.15. The number of benzene rings is 1. The molecule has 0 aromatic heterocycles. The van der Waals surface area contributed by atoms with Gasteiger partial charge in [-0.1, -0.05) is 13.3 Å². The van der Waals surface area contributed by atoms with Crippen LogP contribution in [0.5, 0.6) is 11.5 Å². The topological polar surface area (TPSA) is 49.7 Å². The number of phenols is 1. The van der Waals surface area contributed by atoms with E-state index in [-0.39, 0.29) is 18.5 Å². The number of rotatable bonds is 6. The summed E-state index contributed by atoms with van der Waals surface area (Å²) in [5, 5.41) is 18.4. The van der Waals surface area contributed by atoms with Crippen LogP contribution in [0.4, 0.5) is 0 Å². The van der Waals surface area contributed by atoms with Gasteiger partial charge in [-0.3, -0.25) is 0 Å². The number of aryl methyl sites for hydroxylation is 1. The Balaban J connectivity index is 2.80. The van der Waals surface area contributed by atoms with Crippen LogP contribution in [0.3, 0.4) is 0 Å². The number of aromatic hydroxyl groups is 1. The predicted molar refractivity (Wildman–Crippen MR) is 63.9 cm³/mol. The minimum absolute atomic E-state index is 0.00586. The summed E-state index contributed by atoms with van der Waals surface area (Å²) in [5.41, 5.74) is 1.00. The van der Waals surface area contributed by atoms with Gasteiger partial charge < -0.3 is 14.9 Å². The van der Waals surface area contributed by atoms with Crippen molar-refractivity contribution in [3.63, 3.8) is 0 Å². The molecule has 1 rings (SSSR count). The Bertz CT molecular complexity index is 323. The number of aliphatic hydroxyl groups is 1. The maximum atomic E-state index is 9.42. The van der Waals surface area contributed by atoms with Crippen molar-refractivity contribution in [2.75, 3.05) is 6.61 Å². The molecular weight excluding hydrogens is 204 g/mol. The van der Waals surface area contributed by atoms with Crippen molar-refractivity contribution in [3.05, 3.63) is 23.8 Å². The molecule has 3 nitrogen and oxygen atoms in total. The summed E-state index contributed by atoms with van der Waals surface area (Å²) in [5.74, 6) is 1.02. The van der Waals surface area contributed by atoms with Gasteiger partial charge in [0, 0.05) is 0 Å². The van der Waals surface area contributed by atoms with Crippen molar-refractivity contribution < 1.29 is 14.9 Å². The number of ether oxygens (including phenoxy) is 1. The highest BCUT2D eigenvalue weighted by Crippen LogP contribution is 2.26. The van der Waals surface area contributed by atoms with Crippen molar-refractivity contribution in [3.8, 4) is 11.5 Å². The lowest BCUT2D eigenvalue weighted by molar-refractivity contribution is 0.128. The minimum atomic E-state index is -0.218. The molecule has 0 heterocycles. The predicted octanol–water partition coefficient (Wildman–Crippen LogP) is 2.49. The normalized spacial score (nSPS) is 12.4. The minimum Gasteiger partial charge on any atom is -0.508 e. The van der Waals surface area contributed by atoms with Crippen molar-refractivity contribution >= 4 is 0 Å². The molecule has 16 heavy (non-hydrogen) atoms. The second kappa shape index (κ2) is 6.38. The zero-order chi connectivity index (χ0) is 12.0. The fourth-order valence-electron chi connectivity index (χ4n) is 1.50. The van der Waals surface area contributed by atoms with Gasteiger partial charge in [0.1, 0.15) is 17.6 Å². The average Bonchev–Trinajstić information content (AvgIpc) is 2.29. The lowest BCUT2D eigenvalue weighted by Crippen LogP contribution is -2.17. The molecule has 0 aliphatic heterocycles. The zero-order valence-electron chi connectivity index (χ0n) is 9.94. The molecule has 0 saturated heterocycles. The summed E-state index contributed by atoms with van der Waals surface area (Å²) in [4.78, 5) is 0. The summed E-state index contributed by atoms with van der Waals surface area (Å²) in [7, 11) is 0. The first-order chi connectivity index (χ1) is 7.67. The average molecular weight is 224 g/mol. The van der Waals surface area contributed by atoms with E-state index in [1.165, 1.54) is 0 Å². The lowest BCUT2D eigenvalue weighted by atomic mass is 10.1. The fraction of sp³-hybridized carbons (Fsp3) is 0.538. The van der Waals surface area contributed by atoms with E-state index in [0.29, 0.717) is 0 Å². The van der Waals surface area contributed by atoms with E-state index in [1.54, 1.807) is 18.2 Å². The van der Waals surface area contributed by atoms with E-state index in [4.69, 9.17) is 9.84 Å². The first-order valence-corrected chi connectivity index (χ1v) is 5.76. The van der Waals surface area contributed by atoms with Crippen LogP contribution < -0.4 is 4.74 Å². The molecule has 1 atom stereocenters. The number of phenolic OH excluding ortho intramolecular Hbond substituents is 1. The monoisotopic (exact) mass is 224 g/mol. The van der Waals surface area contributed by atoms with Gasteiger partial charge in [-0.15, -0.1) is 0 Å². The molecule has 0 radical (unpaired) electrons. The molecule has 1 aromatic rings. The first-order valence-electron chi connectivity index (χ1n) is 5.76. The number of hydrogen-bond donors (Lipinski definition) is 2. The van der Waals surface area contributed by atoms with Crippen LogP contribution >= 0.6 is 0 Å². The Hall–Kier alpha value is -1.22. The van der Waals surface area contributed by atoms with Gasteiger partial charge in [-0.05, 0) is 43.5 Å². The Morgan fingerprint density at radius 2 is 2.12 bits per heavy atom. The summed E-state index contributed by atoms with van der Waals surface area (Å²) >= 11 is 0. The van der Waals surface area contributed by atoms with E-state index >= 15 is 0 Å². The smallest absolute Gasteiger partial charge is 0.123 e. The third kappa shape index (κ3) is 3.74. The van der Waals surface area contributed by atoms with Gasteiger partial charge >= 0.3 is 0 Å². The number of hydrogen-bond acceptors (Lipinski definition) is 3. The van der Waals surface area contributed by atoms with Crippen LogP contribution in [-0.4, -0.2) is 22.9 Å². The SMILES string of the molecule is CCCCc1cc(O)ccc1OC(C)CO. The molecule has 0 saturated carbocycles. The summed E-state index contributed by atoms with van der Waals surface area (Å²) in [6.07, 6.45) is 2.83. The van der Waals surface area contributed by atoms with Crippen LogP contribution in [0.2, 0.25) is 0 Å². The Morgan fingerprint density at radius 3 is 2.75 bits per heavy atom. The maximum Gasteiger partial charge on any atom is 0.123 e. The molecule has 1 unspecified atom stereocenters. The number of aliphatic hydroxyl groups excluding tert-OH is 1. The van der Waals surface area contributed by atoms with Crippen molar-refractivity contribution in [1.82, 2.24) is 0 Å². The molecule has 0 spiro atoms. The molecule has 0 fully saturated rings. The van der Waals surface area contributed by atoms with Crippen molar-refractivity contribution in [2.45, 2.75) is 39.2 Å².